The van der Waals surface area contributed by atoms with Crippen LogP contribution in [-0.4, -0.2) is 57.2 Å². The van der Waals surface area contributed by atoms with E-state index >= 15 is 0 Å². The minimum atomic E-state index is -2.74. The van der Waals surface area contributed by atoms with E-state index in [0.29, 0.717) is 0 Å². The van der Waals surface area contributed by atoms with Gasteiger partial charge in [-0.2, -0.15) is 4.21 Å². The van der Waals surface area contributed by atoms with E-state index < -0.39 is 47.7 Å². The molecular formula is C6H10O10S. The van der Waals surface area contributed by atoms with E-state index in [1.807, 2.05) is 0 Å². The molecule has 0 fully saturated rings. The molecule has 0 rings (SSSR count). The normalized spacial score (nSPS) is 10.4. The summed E-state index contributed by atoms with van der Waals surface area (Å²) in [7, 11) is 0. The Kier molecular flexibility index (Phi) is 8.04. The third kappa shape index (κ3) is 10.7. The molecule has 0 saturated carbocycles. The second kappa shape index (κ2) is 7.67. The fourth-order valence-corrected chi connectivity index (χ4v) is 0.714. The number of aliphatic carboxylic acids is 3. The lowest BCUT2D eigenvalue weighted by molar-refractivity contribution is -0.170. The first-order valence-corrected chi connectivity index (χ1v) is 4.77. The van der Waals surface area contributed by atoms with Gasteiger partial charge in [0.25, 0.3) is 11.4 Å². The van der Waals surface area contributed by atoms with Gasteiger partial charge in [-0.1, -0.05) is 0 Å². The molecule has 17 heavy (non-hydrogen) atoms. The van der Waals surface area contributed by atoms with Gasteiger partial charge in [0.2, 0.25) is 0 Å². The van der Waals surface area contributed by atoms with Gasteiger partial charge >= 0.3 is 17.9 Å². The lowest BCUT2D eigenvalue weighted by Crippen LogP contribution is -2.42. The van der Waals surface area contributed by atoms with Gasteiger partial charge in [0.05, 0.1) is 12.8 Å². The van der Waals surface area contributed by atoms with E-state index in [4.69, 9.17) is 33.7 Å². The summed E-state index contributed by atoms with van der Waals surface area (Å²) in [5.41, 5.74) is -2.74. The van der Waals surface area contributed by atoms with Crippen molar-refractivity contribution < 1.29 is 48.1 Å². The molecule has 0 aliphatic rings. The highest BCUT2D eigenvalue weighted by molar-refractivity contribution is 7.73. The first kappa shape index (κ1) is 17.8. The highest BCUT2D eigenvalue weighted by Gasteiger charge is 2.40. The van der Waals surface area contributed by atoms with Crippen LogP contribution in [0.2, 0.25) is 0 Å². The molecule has 0 radical (unpaired) electrons. The molecule has 0 aromatic rings. The molecule has 0 atom stereocenters. The van der Waals surface area contributed by atoms with Gasteiger partial charge in [-0.15, -0.1) is 0 Å². The second-order valence-corrected chi connectivity index (χ2v) is 3.17. The maximum atomic E-state index is 10.3. The lowest BCUT2D eigenvalue weighted by Gasteiger charge is -2.18. The molecule has 0 aromatic carbocycles. The van der Waals surface area contributed by atoms with Crippen molar-refractivity contribution in [2.75, 3.05) is 0 Å². The average Bonchev–Trinajstić information content (AvgIpc) is 1.98. The number of hydrogen-bond acceptors (Lipinski definition) is 5. The van der Waals surface area contributed by atoms with Crippen molar-refractivity contribution in [3.63, 3.8) is 0 Å². The summed E-state index contributed by atoms with van der Waals surface area (Å²) in [6.07, 6.45) is -2.29. The Bertz CT molecular complexity index is 303. The summed E-state index contributed by atoms with van der Waals surface area (Å²) in [5, 5.41) is 33.8. The molecule has 0 aromatic heterocycles. The summed E-state index contributed by atoms with van der Waals surface area (Å²) in [6, 6.07) is 0. The summed E-state index contributed by atoms with van der Waals surface area (Å²) < 4.78 is 22.8. The second-order valence-electron chi connectivity index (χ2n) is 2.71. The van der Waals surface area contributed by atoms with Crippen LogP contribution in [-0.2, 0) is 25.7 Å². The van der Waals surface area contributed by atoms with Crippen LogP contribution in [0.1, 0.15) is 12.8 Å². The van der Waals surface area contributed by atoms with Crippen molar-refractivity contribution in [1.82, 2.24) is 0 Å². The molecule has 0 amide bonds. The number of hydrogen-bond donors (Lipinski definition) is 6. The number of carboxylic acids is 3. The number of carboxylic acid groups (broad SMARTS) is 3. The van der Waals surface area contributed by atoms with Crippen molar-refractivity contribution >= 4 is 29.3 Å². The van der Waals surface area contributed by atoms with Crippen LogP contribution in [0.3, 0.4) is 0 Å². The minimum absolute atomic E-state index is 1.14. The maximum absolute atomic E-state index is 10.3. The molecular weight excluding hydrogens is 264 g/mol. The van der Waals surface area contributed by atoms with Crippen LogP contribution in [0.4, 0.5) is 0 Å². The van der Waals surface area contributed by atoms with Gasteiger partial charge in [0, 0.05) is 0 Å². The number of rotatable bonds is 5. The molecule has 6 N–H and O–H groups in total. The fourth-order valence-electron chi connectivity index (χ4n) is 0.714. The monoisotopic (exact) mass is 274 g/mol. The van der Waals surface area contributed by atoms with Crippen LogP contribution < -0.4 is 0 Å². The zero-order valence-corrected chi connectivity index (χ0v) is 8.96. The van der Waals surface area contributed by atoms with Gasteiger partial charge < -0.3 is 20.4 Å². The van der Waals surface area contributed by atoms with Crippen molar-refractivity contribution in [2.24, 2.45) is 0 Å². The standard InChI is InChI=1S/C6H8O7.H2O3S/c7-3(8)1-6(13,5(11)12)2-4(9)10;1-4(2)3/h13H,1-2H2,(H,7,8)(H,9,10)(H,11,12);(H2,1,2,3). The smallest absolute Gasteiger partial charge is 0.336 e. The Hall–Kier alpha value is -1.56. The maximum Gasteiger partial charge on any atom is 0.336 e. The van der Waals surface area contributed by atoms with E-state index in [9.17, 15) is 14.4 Å². The Morgan fingerprint density at radius 3 is 1.29 bits per heavy atom. The largest absolute Gasteiger partial charge is 0.481 e. The van der Waals surface area contributed by atoms with E-state index in [1.54, 1.807) is 0 Å². The van der Waals surface area contributed by atoms with Gasteiger partial charge in [0.15, 0.2) is 5.60 Å². The Labute approximate surface area is 96.6 Å². The number of carbonyl (C=O) groups is 3. The average molecular weight is 274 g/mol. The lowest BCUT2D eigenvalue weighted by atomic mass is 9.96. The van der Waals surface area contributed by atoms with Crippen LogP contribution in [0.15, 0.2) is 0 Å². The Morgan fingerprint density at radius 1 is 0.941 bits per heavy atom. The minimum Gasteiger partial charge on any atom is -0.481 e. The highest BCUT2D eigenvalue weighted by Crippen LogP contribution is 2.15. The molecule has 0 aliphatic heterocycles. The van der Waals surface area contributed by atoms with E-state index in [-0.39, 0.29) is 0 Å². The molecule has 0 heterocycles. The zero-order valence-electron chi connectivity index (χ0n) is 8.14. The van der Waals surface area contributed by atoms with Crippen LogP contribution in [0, 0.1) is 0 Å². The molecule has 0 bridgehead atoms. The quantitative estimate of drug-likeness (QED) is 0.319. The van der Waals surface area contributed by atoms with Crippen molar-refractivity contribution in [3.8, 4) is 0 Å². The first-order valence-electron chi connectivity index (χ1n) is 3.70. The Balaban J connectivity index is 0. The van der Waals surface area contributed by atoms with Gasteiger partial charge in [-0.3, -0.25) is 18.7 Å². The van der Waals surface area contributed by atoms with Gasteiger partial charge in [0.1, 0.15) is 0 Å². The third-order valence-electron chi connectivity index (χ3n) is 1.29. The summed E-state index contributed by atoms with van der Waals surface area (Å²) >= 11 is -2.61. The predicted molar refractivity (Wildman–Crippen MR) is 50.5 cm³/mol. The summed E-state index contributed by atoms with van der Waals surface area (Å²) in [5.74, 6) is -5.02. The fraction of sp³-hybridized carbons (Fsp3) is 0.500. The van der Waals surface area contributed by atoms with Crippen molar-refractivity contribution in [2.45, 2.75) is 18.4 Å². The van der Waals surface area contributed by atoms with E-state index in [2.05, 4.69) is 0 Å². The molecule has 0 saturated heterocycles. The van der Waals surface area contributed by atoms with Crippen molar-refractivity contribution in [1.29, 1.82) is 0 Å². The first-order chi connectivity index (χ1) is 7.51. The summed E-state index contributed by atoms with van der Waals surface area (Å²) in [6.45, 7) is 0. The van der Waals surface area contributed by atoms with Gasteiger partial charge in [-0.25, -0.2) is 4.79 Å². The SMILES string of the molecule is O=C(O)CC(O)(CC(=O)O)C(=O)O.O=S(O)O. The van der Waals surface area contributed by atoms with E-state index in [0.717, 1.165) is 0 Å². The van der Waals surface area contributed by atoms with Gasteiger partial charge in [-0.05, 0) is 0 Å². The third-order valence-corrected chi connectivity index (χ3v) is 1.29. The molecule has 11 heteroatoms. The van der Waals surface area contributed by atoms with Crippen LogP contribution >= 0.6 is 0 Å². The zero-order chi connectivity index (χ0) is 14.2. The highest BCUT2D eigenvalue weighted by atomic mass is 32.2. The van der Waals surface area contributed by atoms with E-state index in [1.165, 1.54) is 0 Å². The van der Waals surface area contributed by atoms with Crippen LogP contribution in [0.5, 0.6) is 0 Å². The topological polar surface area (TPSA) is 190 Å². The molecule has 10 nitrogen and oxygen atoms in total. The number of aliphatic hydroxyl groups is 1. The summed E-state index contributed by atoms with van der Waals surface area (Å²) in [4.78, 5) is 30.5. The molecule has 0 spiro atoms. The molecule has 0 aliphatic carbocycles. The molecule has 0 unspecified atom stereocenters. The molecule has 100 valence electrons. The Morgan fingerprint density at radius 2 is 1.18 bits per heavy atom. The van der Waals surface area contributed by atoms with Crippen LogP contribution in [0.25, 0.3) is 0 Å². The predicted octanol–water partition coefficient (Wildman–Crippen LogP) is -1.57. The van der Waals surface area contributed by atoms with Crippen molar-refractivity contribution in [3.05, 3.63) is 0 Å².